The van der Waals surface area contributed by atoms with E-state index in [1.54, 1.807) is 24.3 Å². The Morgan fingerprint density at radius 1 is 0.950 bits per heavy atom. The number of nitrogens with two attached hydrogens (primary N) is 1. The molecule has 0 aliphatic carbocycles. The topological polar surface area (TPSA) is 101 Å². The lowest BCUT2D eigenvalue weighted by atomic mass is 10.3. The number of carbonyl (C=O) groups is 1. The zero-order valence-electron chi connectivity index (χ0n) is 10.3. The second kappa shape index (κ2) is 5.72. The van der Waals surface area contributed by atoms with Gasteiger partial charge in [0.15, 0.2) is 0 Å². The number of nitrogens with one attached hydrogen (secondary N) is 2. The predicted molar refractivity (Wildman–Crippen MR) is 75.7 cm³/mol. The molecule has 0 fully saturated rings. The summed E-state index contributed by atoms with van der Waals surface area (Å²) in [7, 11) is -3.73. The second-order valence-electron chi connectivity index (χ2n) is 3.94. The van der Waals surface area contributed by atoms with E-state index in [4.69, 9.17) is 5.14 Å². The van der Waals surface area contributed by atoms with Gasteiger partial charge in [-0.15, -0.1) is 0 Å². The van der Waals surface area contributed by atoms with E-state index in [-0.39, 0.29) is 4.90 Å². The Labute approximate surface area is 116 Å². The Morgan fingerprint density at radius 3 is 1.95 bits per heavy atom. The molecule has 0 unspecified atom stereocenters. The van der Waals surface area contributed by atoms with Gasteiger partial charge in [0.2, 0.25) is 10.0 Å². The van der Waals surface area contributed by atoms with Crippen molar-refractivity contribution >= 4 is 27.4 Å². The molecule has 0 aromatic heterocycles. The van der Waals surface area contributed by atoms with Crippen LogP contribution in [0.5, 0.6) is 0 Å². The molecule has 0 spiro atoms. The minimum atomic E-state index is -3.73. The average Bonchev–Trinajstić information content (AvgIpc) is 2.39. The van der Waals surface area contributed by atoms with E-state index in [0.717, 1.165) is 0 Å². The third-order valence-corrected chi connectivity index (χ3v) is 3.35. The first-order chi connectivity index (χ1) is 9.45. The minimum absolute atomic E-state index is 0.0120. The second-order valence-corrected chi connectivity index (χ2v) is 5.50. The summed E-state index contributed by atoms with van der Waals surface area (Å²) in [4.78, 5) is 11.7. The predicted octanol–water partition coefficient (Wildman–Crippen LogP) is 1.78. The molecule has 2 amide bonds. The average molecular weight is 290 g/mol. The van der Waals surface area contributed by atoms with Crippen molar-refractivity contribution in [2.75, 3.05) is 10.6 Å². The molecule has 0 aliphatic heterocycles. The molecule has 4 N–H and O–H groups in total. The van der Waals surface area contributed by atoms with Crippen LogP contribution in [0.1, 0.15) is 0 Å². The third-order valence-electron chi connectivity index (χ3n) is 2.42. The summed E-state index contributed by atoms with van der Waals surface area (Å²) >= 11 is 0. The smallest absolute Gasteiger partial charge is 0.308 e. The van der Waals surface area contributed by atoms with Crippen molar-refractivity contribution in [1.29, 1.82) is 0 Å². The summed E-state index contributed by atoms with van der Waals surface area (Å²) in [6, 6.07) is 14.7. The number of carbonyl (C=O) groups excluding carboxylic acids is 1. The lowest BCUT2D eigenvalue weighted by Crippen LogP contribution is -2.19. The summed E-state index contributed by atoms with van der Waals surface area (Å²) in [6.45, 7) is 0. The largest absolute Gasteiger partial charge is 0.323 e. The molecule has 2 aromatic rings. The van der Waals surface area contributed by atoms with E-state index in [1.807, 2.05) is 0 Å². The zero-order chi connectivity index (χ0) is 14.6. The van der Waals surface area contributed by atoms with Gasteiger partial charge >= 0.3 is 6.03 Å². The molecule has 0 saturated heterocycles. The van der Waals surface area contributed by atoms with Crippen LogP contribution in [-0.4, -0.2) is 14.4 Å². The fourth-order valence-electron chi connectivity index (χ4n) is 1.49. The van der Waals surface area contributed by atoms with Crippen LogP contribution in [0.2, 0.25) is 0 Å². The van der Waals surface area contributed by atoms with E-state index in [0.29, 0.717) is 11.4 Å². The van der Waals surface area contributed by atoms with Gasteiger partial charge in [-0.3, -0.25) is 0 Å². The number of benzene rings is 2. The summed E-state index contributed by atoms with van der Waals surface area (Å²) in [5.41, 5.74) is 1.08. The third kappa shape index (κ3) is 3.81. The van der Waals surface area contributed by atoms with Gasteiger partial charge in [0.25, 0.3) is 0 Å². The number of primary sulfonamides is 1. The van der Waals surface area contributed by atoms with Gasteiger partial charge in [-0.2, -0.15) is 0 Å². The van der Waals surface area contributed by atoms with Crippen LogP contribution in [0.25, 0.3) is 0 Å². The van der Waals surface area contributed by atoms with E-state index < -0.39 is 16.1 Å². The molecule has 20 heavy (non-hydrogen) atoms. The maximum Gasteiger partial charge on any atom is 0.323 e. The Hall–Kier alpha value is -2.38. The molecule has 0 aliphatic rings. The van der Waals surface area contributed by atoms with Gasteiger partial charge < -0.3 is 10.6 Å². The van der Waals surface area contributed by atoms with Crippen LogP contribution in [0.15, 0.2) is 53.4 Å². The van der Waals surface area contributed by atoms with Crippen LogP contribution in [-0.2, 0) is 10.0 Å². The number of sulfonamides is 1. The van der Waals surface area contributed by atoms with Gasteiger partial charge in [-0.1, -0.05) is 12.1 Å². The van der Waals surface area contributed by atoms with E-state index in [1.165, 1.54) is 24.3 Å². The van der Waals surface area contributed by atoms with Gasteiger partial charge in [0.05, 0.1) is 4.90 Å². The van der Waals surface area contributed by atoms with Gasteiger partial charge in [-0.25, -0.2) is 18.4 Å². The molecule has 0 atom stereocenters. The fourth-order valence-corrected chi connectivity index (χ4v) is 2.01. The highest BCUT2D eigenvalue weighted by molar-refractivity contribution is 7.89. The molecular formula is C13H12N3O3S. The van der Waals surface area contributed by atoms with E-state index in [9.17, 15) is 13.2 Å². The summed E-state index contributed by atoms with van der Waals surface area (Å²) < 4.78 is 22.2. The lowest BCUT2D eigenvalue weighted by Gasteiger charge is -2.07. The molecule has 103 valence electrons. The summed E-state index contributed by atoms with van der Waals surface area (Å²) in [6.07, 6.45) is 0. The van der Waals surface area contributed by atoms with Gasteiger partial charge in [0.1, 0.15) is 0 Å². The maximum absolute atomic E-state index is 11.7. The highest BCUT2D eigenvalue weighted by Crippen LogP contribution is 2.13. The van der Waals surface area contributed by atoms with Crippen molar-refractivity contribution in [3.8, 4) is 0 Å². The molecule has 6 nitrogen and oxygen atoms in total. The molecule has 0 bridgehead atoms. The minimum Gasteiger partial charge on any atom is -0.308 e. The quantitative estimate of drug-likeness (QED) is 0.803. The van der Waals surface area contributed by atoms with Crippen molar-refractivity contribution in [3.63, 3.8) is 0 Å². The van der Waals surface area contributed by atoms with E-state index in [2.05, 4.69) is 16.7 Å². The monoisotopic (exact) mass is 290 g/mol. The van der Waals surface area contributed by atoms with E-state index >= 15 is 0 Å². The molecule has 0 saturated carbocycles. The van der Waals surface area contributed by atoms with Crippen LogP contribution >= 0.6 is 0 Å². The van der Waals surface area contributed by atoms with Crippen LogP contribution in [0, 0.1) is 6.07 Å². The SMILES string of the molecule is NS(=O)(=O)c1ccc(NC(=O)Nc2cc[c]cc2)cc1. The van der Waals surface area contributed by atoms with Gasteiger partial charge in [-0.05, 0) is 42.5 Å². The normalized spacial score (nSPS) is 10.8. The maximum atomic E-state index is 11.7. The number of urea groups is 1. The van der Waals surface area contributed by atoms with Crippen molar-refractivity contribution < 1.29 is 13.2 Å². The molecule has 1 radical (unpaired) electrons. The summed E-state index contributed by atoms with van der Waals surface area (Å²) in [5.74, 6) is 0. The number of anilines is 2. The van der Waals surface area contributed by atoms with Crippen LogP contribution in [0.4, 0.5) is 16.2 Å². The standard InChI is InChI=1S/C13H12N3O3S/c14-20(18,19)12-8-6-11(7-9-12)16-13(17)15-10-4-2-1-3-5-10/h2-9H,(H2,14,18,19)(H2,15,16,17). The van der Waals surface area contributed by atoms with Gasteiger partial charge in [0, 0.05) is 11.4 Å². The first-order valence-corrected chi connectivity index (χ1v) is 7.17. The fraction of sp³-hybridized carbons (Fsp3) is 0. The number of rotatable bonds is 3. The van der Waals surface area contributed by atoms with Crippen molar-refractivity contribution in [1.82, 2.24) is 0 Å². The zero-order valence-corrected chi connectivity index (χ0v) is 11.1. The lowest BCUT2D eigenvalue weighted by molar-refractivity contribution is 0.262. The molecule has 2 aromatic carbocycles. The Morgan fingerprint density at radius 2 is 1.45 bits per heavy atom. The van der Waals surface area contributed by atoms with Crippen molar-refractivity contribution in [3.05, 3.63) is 54.6 Å². The Balaban J connectivity index is 2.02. The Kier molecular flexibility index (Phi) is 4.02. The first kappa shape index (κ1) is 14.0. The van der Waals surface area contributed by atoms with Crippen molar-refractivity contribution in [2.24, 2.45) is 5.14 Å². The number of amides is 2. The molecule has 2 rings (SSSR count). The molecule has 7 heteroatoms. The Bertz CT molecular complexity index is 697. The highest BCUT2D eigenvalue weighted by atomic mass is 32.2. The van der Waals surface area contributed by atoms with Crippen molar-refractivity contribution in [2.45, 2.75) is 4.90 Å². The number of hydrogen-bond donors (Lipinski definition) is 3. The highest BCUT2D eigenvalue weighted by Gasteiger charge is 2.07. The molecular weight excluding hydrogens is 278 g/mol. The summed E-state index contributed by atoms with van der Waals surface area (Å²) in [5, 5.41) is 10.2. The first-order valence-electron chi connectivity index (χ1n) is 5.62. The van der Waals surface area contributed by atoms with Crippen LogP contribution in [0.3, 0.4) is 0 Å². The molecule has 0 heterocycles. The number of hydrogen-bond acceptors (Lipinski definition) is 3. The van der Waals surface area contributed by atoms with Crippen LogP contribution < -0.4 is 15.8 Å².